The van der Waals surface area contributed by atoms with Gasteiger partial charge in [0.25, 0.3) is 0 Å². The van der Waals surface area contributed by atoms with E-state index in [1.807, 2.05) is 6.07 Å². The number of hydrogen-bond acceptors (Lipinski definition) is 2. The highest BCUT2D eigenvalue weighted by atomic mass is 19.4. The first-order valence-electron chi connectivity index (χ1n) is 6.16. The number of rotatable bonds is 4. The molecule has 0 saturated heterocycles. The summed E-state index contributed by atoms with van der Waals surface area (Å²) >= 11 is 0. The Hall–Kier alpha value is -2.51. The molecule has 0 saturated carbocycles. The average molecular weight is 298 g/mol. The van der Waals surface area contributed by atoms with E-state index in [1.54, 1.807) is 24.3 Å². The van der Waals surface area contributed by atoms with E-state index in [1.165, 1.54) is 6.20 Å². The standard InChI is InChI=1S/C13H13F3N4O/c14-13(15,16)11-6-8-20(19-11)9-7-17-12(21)18-10-4-2-1-3-5-10/h1-6,8H,7,9H2,(H2,17,18,21). The van der Waals surface area contributed by atoms with Crippen LogP contribution in [0.4, 0.5) is 23.7 Å². The number of benzene rings is 1. The maximum atomic E-state index is 12.3. The fourth-order valence-electron chi connectivity index (χ4n) is 1.62. The number of hydrogen-bond donors (Lipinski definition) is 2. The van der Waals surface area contributed by atoms with Crippen LogP contribution < -0.4 is 10.6 Å². The summed E-state index contributed by atoms with van der Waals surface area (Å²) in [5.74, 6) is 0. The van der Waals surface area contributed by atoms with Crippen LogP contribution in [0, 0.1) is 0 Å². The van der Waals surface area contributed by atoms with Crippen molar-refractivity contribution in [2.75, 3.05) is 11.9 Å². The fraction of sp³-hybridized carbons (Fsp3) is 0.231. The minimum atomic E-state index is -4.45. The van der Waals surface area contributed by atoms with Crippen molar-refractivity contribution in [2.45, 2.75) is 12.7 Å². The molecule has 1 heterocycles. The highest BCUT2D eigenvalue weighted by molar-refractivity contribution is 5.89. The molecular weight excluding hydrogens is 285 g/mol. The van der Waals surface area contributed by atoms with Gasteiger partial charge in [-0.1, -0.05) is 18.2 Å². The first kappa shape index (κ1) is 14.9. The molecule has 0 aliphatic heterocycles. The first-order valence-corrected chi connectivity index (χ1v) is 6.16. The highest BCUT2D eigenvalue weighted by Crippen LogP contribution is 2.27. The summed E-state index contributed by atoms with van der Waals surface area (Å²) < 4.78 is 38.1. The Balaban J connectivity index is 1.77. The van der Waals surface area contributed by atoms with Crippen molar-refractivity contribution in [2.24, 2.45) is 0 Å². The normalized spacial score (nSPS) is 11.2. The first-order chi connectivity index (χ1) is 9.95. The van der Waals surface area contributed by atoms with Crippen LogP contribution in [0.3, 0.4) is 0 Å². The van der Waals surface area contributed by atoms with Crippen LogP contribution in [0.25, 0.3) is 0 Å². The van der Waals surface area contributed by atoms with Crippen molar-refractivity contribution in [3.63, 3.8) is 0 Å². The maximum absolute atomic E-state index is 12.3. The summed E-state index contributed by atoms with van der Waals surface area (Å²) in [4.78, 5) is 11.5. The number of aromatic nitrogens is 2. The number of halogens is 3. The van der Waals surface area contributed by atoms with Crippen LogP contribution in [0.15, 0.2) is 42.6 Å². The number of carbonyl (C=O) groups excluding carboxylic acids is 1. The molecule has 0 aliphatic rings. The van der Waals surface area contributed by atoms with Crippen LogP contribution >= 0.6 is 0 Å². The van der Waals surface area contributed by atoms with Gasteiger partial charge in [0.05, 0.1) is 6.54 Å². The van der Waals surface area contributed by atoms with Gasteiger partial charge in [0, 0.05) is 18.4 Å². The Morgan fingerprint density at radius 3 is 2.52 bits per heavy atom. The van der Waals surface area contributed by atoms with E-state index < -0.39 is 17.9 Å². The number of nitrogens with one attached hydrogen (secondary N) is 2. The van der Waals surface area contributed by atoms with Gasteiger partial charge in [-0.15, -0.1) is 0 Å². The molecule has 0 bridgehead atoms. The summed E-state index contributed by atoms with van der Waals surface area (Å²) in [6, 6.07) is 9.29. The van der Waals surface area contributed by atoms with Gasteiger partial charge in [0.2, 0.25) is 0 Å². The Kier molecular flexibility index (Phi) is 4.46. The number of anilines is 1. The van der Waals surface area contributed by atoms with E-state index in [9.17, 15) is 18.0 Å². The lowest BCUT2D eigenvalue weighted by molar-refractivity contribution is -0.141. The van der Waals surface area contributed by atoms with Crippen molar-refractivity contribution < 1.29 is 18.0 Å². The van der Waals surface area contributed by atoms with Gasteiger partial charge >= 0.3 is 12.2 Å². The molecule has 5 nitrogen and oxygen atoms in total. The number of alkyl halides is 3. The smallest absolute Gasteiger partial charge is 0.336 e. The fourth-order valence-corrected chi connectivity index (χ4v) is 1.62. The number of carbonyl (C=O) groups is 1. The second-order valence-electron chi connectivity index (χ2n) is 4.21. The molecule has 0 radical (unpaired) electrons. The lowest BCUT2D eigenvalue weighted by Gasteiger charge is -2.07. The van der Waals surface area contributed by atoms with Crippen molar-refractivity contribution >= 4 is 11.7 Å². The number of urea groups is 1. The summed E-state index contributed by atoms with van der Waals surface area (Å²) in [6.07, 6.45) is -3.23. The molecule has 112 valence electrons. The molecule has 0 spiro atoms. The van der Waals surface area contributed by atoms with Gasteiger partial charge in [-0.25, -0.2) is 4.79 Å². The Morgan fingerprint density at radius 1 is 1.19 bits per heavy atom. The van der Waals surface area contributed by atoms with Crippen molar-refractivity contribution in [1.82, 2.24) is 15.1 Å². The second kappa shape index (κ2) is 6.29. The van der Waals surface area contributed by atoms with Crippen molar-refractivity contribution in [3.05, 3.63) is 48.3 Å². The number of amides is 2. The minimum absolute atomic E-state index is 0.151. The third-order valence-electron chi connectivity index (χ3n) is 2.59. The maximum Gasteiger partial charge on any atom is 0.435 e. The van der Waals surface area contributed by atoms with E-state index in [-0.39, 0.29) is 13.1 Å². The summed E-state index contributed by atoms with van der Waals surface area (Å²) in [7, 11) is 0. The van der Waals surface area contributed by atoms with Crippen LogP contribution in [-0.4, -0.2) is 22.4 Å². The van der Waals surface area contributed by atoms with Gasteiger partial charge in [-0.05, 0) is 18.2 Å². The van der Waals surface area contributed by atoms with E-state index in [0.29, 0.717) is 5.69 Å². The molecule has 2 amide bonds. The van der Waals surface area contributed by atoms with Crippen molar-refractivity contribution in [3.8, 4) is 0 Å². The third-order valence-corrected chi connectivity index (χ3v) is 2.59. The predicted molar refractivity (Wildman–Crippen MR) is 70.7 cm³/mol. The zero-order valence-corrected chi connectivity index (χ0v) is 10.9. The molecule has 0 unspecified atom stereocenters. The lowest BCUT2D eigenvalue weighted by atomic mass is 10.3. The molecule has 2 rings (SSSR count). The Labute approximate surface area is 118 Å². The van der Waals surface area contributed by atoms with Crippen LogP contribution in [-0.2, 0) is 12.7 Å². The average Bonchev–Trinajstić information content (AvgIpc) is 2.88. The van der Waals surface area contributed by atoms with Gasteiger partial charge in [-0.3, -0.25) is 4.68 Å². The molecule has 1 aromatic heterocycles. The Morgan fingerprint density at radius 2 is 1.90 bits per heavy atom. The lowest BCUT2D eigenvalue weighted by Crippen LogP contribution is -2.31. The monoisotopic (exact) mass is 298 g/mol. The van der Waals surface area contributed by atoms with Crippen molar-refractivity contribution in [1.29, 1.82) is 0 Å². The quantitative estimate of drug-likeness (QED) is 0.912. The molecule has 1 aromatic carbocycles. The van der Waals surface area contributed by atoms with E-state index in [0.717, 1.165) is 10.7 Å². The van der Waals surface area contributed by atoms with E-state index in [2.05, 4.69) is 15.7 Å². The number of para-hydroxylation sites is 1. The highest BCUT2D eigenvalue weighted by Gasteiger charge is 2.33. The van der Waals surface area contributed by atoms with Gasteiger partial charge < -0.3 is 10.6 Å². The predicted octanol–water partition coefficient (Wildman–Crippen LogP) is 2.72. The summed E-state index contributed by atoms with van der Waals surface area (Å²) in [6.45, 7) is 0.315. The molecule has 2 N–H and O–H groups in total. The number of nitrogens with zero attached hydrogens (tertiary/aromatic N) is 2. The molecule has 8 heteroatoms. The molecule has 0 fully saturated rings. The van der Waals surface area contributed by atoms with Crippen LogP contribution in [0.5, 0.6) is 0 Å². The van der Waals surface area contributed by atoms with E-state index in [4.69, 9.17) is 0 Å². The molecular formula is C13H13F3N4O. The third kappa shape index (κ3) is 4.51. The SMILES string of the molecule is O=C(NCCn1ccc(C(F)(F)F)n1)Nc1ccccc1. The Bertz CT molecular complexity index is 595. The zero-order valence-electron chi connectivity index (χ0n) is 10.9. The van der Waals surface area contributed by atoms with Gasteiger partial charge in [0.1, 0.15) is 0 Å². The summed E-state index contributed by atoms with van der Waals surface area (Å²) in [5.41, 5.74) is -0.315. The van der Waals surface area contributed by atoms with Gasteiger partial charge in [-0.2, -0.15) is 18.3 Å². The van der Waals surface area contributed by atoms with E-state index >= 15 is 0 Å². The summed E-state index contributed by atoms with van der Waals surface area (Å²) in [5, 5.41) is 8.52. The molecule has 0 atom stereocenters. The topological polar surface area (TPSA) is 59.0 Å². The van der Waals surface area contributed by atoms with Crippen LogP contribution in [0.2, 0.25) is 0 Å². The largest absolute Gasteiger partial charge is 0.435 e. The zero-order chi connectivity index (χ0) is 15.3. The minimum Gasteiger partial charge on any atom is -0.336 e. The van der Waals surface area contributed by atoms with Crippen LogP contribution in [0.1, 0.15) is 5.69 Å². The molecule has 2 aromatic rings. The molecule has 21 heavy (non-hydrogen) atoms. The van der Waals surface area contributed by atoms with Gasteiger partial charge in [0.15, 0.2) is 5.69 Å². The second-order valence-corrected chi connectivity index (χ2v) is 4.21. The molecule has 0 aliphatic carbocycles.